The largest absolute Gasteiger partial charge is 0.316 e. The predicted octanol–water partition coefficient (Wildman–Crippen LogP) is 1.33. The lowest BCUT2D eigenvalue weighted by atomic mass is 10.1. The highest BCUT2D eigenvalue weighted by Gasteiger charge is 2.15. The van der Waals surface area contributed by atoms with Crippen LogP contribution in [0.25, 0.3) is 0 Å². The zero-order chi connectivity index (χ0) is 8.91. The van der Waals surface area contributed by atoms with Gasteiger partial charge in [0.05, 0.1) is 0 Å². The lowest BCUT2D eigenvalue weighted by Gasteiger charge is -2.31. The van der Waals surface area contributed by atoms with Crippen LogP contribution in [0.2, 0.25) is 0 Å². The number of rotatable bonds is 4. The molecular weight excluding hydrogens is 136 g/mol. The first-order chi connectivity index (χ1) is 4.98. The van der Waals surface area contributed by atoms with Gasteiger partial charge in [0.15, 0.2) is 0 Å². The van der Waals surface area contributed by atoms with E-state index in [9.17, 15) is 0 Å². The Morgan fingerprint density at radius 1 is 1.27 bits per heavy atom. The first-order valence-corrected chi connectivity index (χ1v) is 4.40. The van der Waals surface area contributed by atoms with Crippen molar-refractivity contribution < 1.29 is 0 Å². The Kier molecular flexibility index (Phi) is 4.69. The summed E-state index contributed by atoms with van der Waals surface area (Å²) in [4.78, 5) is 2.36. The molecule has 0 atom stereocenters. The Morgan fingerprint density at radius 3 is 2.18 bits per heavy atom. The van der Waals surface area contributed by atoms with Crippen LogP contribution in [0.4, 0.5) is 0 Å². The van der Waals surface area contributed by atoms with Crippen molar-refractivity contribution in [1.29, 1.82) is 0 Å². The predicted molar refractivity (Wildman–Crippen MR) is 50.9 cm³/mol. The SMILES string of the molecule is CCNCCN(C)C(C)(C)C. The minimum atomic E-state index is 0.301. The molecule has 0 aliphatic rings. The standard InChI is InChI=1S/C9H22N2/c1-6-10-7-8-11(5)9(2,3)4/h10H,6-8H2,1-5H3. The van der Waals surface area contributed by atoms with E-state index in [4.69, 9.17) is 0 Å². The van der Waals surface area contributed by atoms with Crippen LogP contribution in [0.1, 0.15) is 27.7 Å². The molecule has 0 amide bonds. The van der Waals surface area contributed by atoms with Gasteiger partial charge in [-0.25, -0.2) is 0 Å². The van der Waals surface area contributed by atoms with Crippen molar-refractivity contribution in [3.05, 3.63) is 0 Å². The van der Waals surface area contributed by atoms with Crippen LogP contribution in [0, 0.1) is 0 Å². The van der Waals surface area contributed by atoms with Crippen LogP contribution >= 0.6 is 0 Å². The van der Waals surface area contributed by atoms with Gasteiger partial charge in [0.25, 0.3) is 0 Å². The molecule has 0 heterocycles. The highest BCUT2D eigenvalue weighted by atomic mass is 15.2. The smallest absolute Gasteiger partial charge is 0.0122 e. The second-order valence-corrected chi connectivity index (χ2v) is 3.95. The molecule has 11 heavy (non-hydrogen) atoms. The summed E-state index contributed by atoms with van der Waals surface area (Å²) in [7, 11) is 2.16. The molecule has 0 aromatic heterocycles. The van der Waals surface area contributed by atoms with E-state index in [-0.39, 0.29) is 0 Å². The Labute approximate surface area is 71.0 Å². The summed E-state index contributed by atoms with van der Waals surface area (Å²) in [5, 5.41) is 3.31. The molecule has 0 aromatic carbocycles. The average Bonchev–Trinajstić information content (AvgIpc) is 1.86. The van der Waals surface area contributed by atoms with Gasteiger partial charge >= 0.3 is 0 Å². The third kappa shape index (κ3) is 5.22. The van der Waals surface area contributed by atoms with E-state index < -0.39 is 0 Å². The molecule has 0 spiro atoms. The molecule has 0 aromatic rings. The Hall–Kier alpha value is -0.0800. The van der Waals surface area contributed by atoms with Crippen molar-refractivity contribution in [2.24, 2.45) is 0 Å². The van der Waals surface area contributed by atoms with Gasteiger partial charge in [-0.3, -0.25) is 0 Å². The van der Waals surface area contributed by atoms with Gasteiger partial charge < -0.3 is 10.2 Å². The fraction of sp³-hybridized carbons (Fsp3) is 1.00. The molecule has 0 saturated carbocycles. The Bertz CT molecular complexity index is 94.2. The van der Waals surface area contributed by atoms with Gasteiger partial charge in [-0.15, -0.1) is 0 Å². The number of hydrogen-bond donors (Lipinski definition) is 1. The topological polar surface area (TPSA) is 15.3 Å². The molecule has 68 valence electrons. The maximum Gasteiger partial charge on any atom is 0.0122 e. The zero-order valence-corrected chi connectivity index (χ0v) is 8.57. The molecular formula is C9H22N2. The number of nitrogens with one attached hydrogen (secondary N) is 1. The zero-order valence-electron chi connectivity index (χ0n) is 8.57. The first kappa shape index (κ1) is 10.9. The van der Waals surface area contributed by atoms with Crippen molar-refractivity contribution in [1.82, 2.24) is 10.2 Å². The second-order valence-electron chi connectivity index (χ2n) is 3.95. The third-order valence-electron chi connectivity index (χ3n) is 2.02. The fourth-order valence-electron chi connectivity index (χ4n) is 0.759. The monoisotopic (exact) mass is 158 g/mol. The summed E-state index contributed by atoms with van der Waals surface area (Å²) in [6.07, 6.45) is 0. The summed E-state index contributed by atoms with van der Waals surface area (Å²) in [5.41, 5.74) is 0.301. The molecule has 2 heteroatoms. The van der Waals surface area contributed by atoms with E-state index in [0.29, 0.717) is 5.54 Å². The molecule has 0 radical (unpaired) electrons. The van der Waals surface area contributed by atoms with Gasteiger partial charge in [-0.1, -0.05) is 6.92 Å². The Morgan fingerprint density at radius 2 is 1.82 bits per heavy atom. The summed E-state index contributed by atoms with van der Waals surface area (Å²) in [6, 6.07) is 0. The van der Waals surface area contributed by atoms with Crippen molar-refractivity contribution in [2.45, 2.75) is 33.2 Å². The van der Waals surface area contributed by atoms with E-state index in [2.05, 4.69) is 45.0 Å². The van der Waals surface area contributed by atoms with E-state index in [1.54, 1.807) is 0 Å². The molecule has 0 aliphatic carbocycles. The molecule has 0 aliphatic heterocycles. The van der Waals surface area contributed by atoms with Gasteiger partial charge in [0.1, 0.15) is 0 Å². The first-order valence-electron chi connectivity index (χ1n) is 4.40. The molecule has 0 rings (SSSR count). The highest BCUT2D eigenvalue weighted by Crippen LogP contribution is 2.08. The summed E-state index contributed by atoms with van der Waals surface area (Å²) in [5.74, 6) is 0. The van der Waals surface area contributed by atoms with Gasteiger partial charge in [-0.2, -0.15) is 0 Å². The van der Waals surface area contributed by atoms with Gasteiger partial charge in [0, 0.05) is 18.6 Å². The number of likely N-dealkylation sites (N-methyl/N-ethyl adjacent to an activating group) is 2. The summed E-state index contributed by atoms with van der Waals surface area (Å²) >= 11 is 0. The van der Waals surface area contributed by atoms with Crippen molar-refractivity contribution in [3.63, 3.8) is 0 Å². The van der Waals surface area contributed by atoms with Crippen molar-refractivity contribution >= 4 is 0 Å². The van der Waals surface area contributed by atoms with Crippen LogP contribution < -0.4 is 5.32 Å². The number of nitrogens with zero attached hydrogens (tertiary/aromatic N) is 1. The minimum absolute atomic E-state index is 0.301. The van der Waals surface area contributed by atoms with E-state index in [1.807, 2.05) is 0 Å². The van der Waals surface area contributed by atoms with Crippen molar-refractivity contribution in [2.75, 3.05) is 26.7 Å². The minimum Gasteiger partial charge on any atom is -0.316 e. The van der Waals surface area contributed by atoms with Gasteiger partial charge in [0.2, 0.25) is 0 Å². The normalized spacial score (nSPS) is 12.5. The fourth-order valence-corrected chi connectivity index (χ4v) is 0.759. The average molecular weight is 158 g/mol. The summed E-state index contributed by atoms with van der Waals surface area (Å²) in [6.45, 7) is 12.1. The molecule has 0 fully saturated rings. The Balaban J connectivity index is 3.44. The highest BCUT2D eigenvalue weighted by molar-refractivity contribution is 4.72. The van der Waals surface area contributed by atoms with Crippen LogP contribution in [-0.2, 0) is 0 Å². The van der Waals surface area contributed by atoms with Crippen molar-refractivity contribution in [3.8, 4) is 0 Å². The maximum atomic E-state index is 3.31. The van der Waals surface area contributed by atoms with Crippen LogP contribution in [0.5, 0.6) is 0 Å². The summed E-state index contributed by atoms with van der Waals surface area (Å²) < 4.78 is 0. The van der Waals surface area contributed by atoms with Gasteiger partial charge in [-0.05, 0) is 34.4 Å². The molecule has 0 saturated heterocycles. The molecule has 1 N–H and O–H groups in total. The second kappa shape index (κ2) is 4.73. The maximum absolute atomic E-state index is 3.31. The molecule has 0 unspecified atom stereocenters. The third-order valence-corrected chi connectivity index (χ3v) is 2.02. The van der Waals surface area contributed by atoms with E-state index >= 15 is 0 Å². The number of hydrogen-bond acceptors (Lipinski definition) is 2. The quantitative estimate of drug-likeness (QED) is 0.621. The lowest BCUT2D eigenvalue weighted by Crippen LogP contribution is -2.41. The van der Waals surface area contributed by atoms with E-state index in [1.165, 1.54) is 0 Å². The molecule has 2 nitrogen and oxygen atoms in total. The lowest BCUT2D eigenvalue weighted by molar-refractivity contribution is 0.177. The molecule has 0 bridgehead atoms. The van der Waals surface area contributed by atoms with Crippen LogP contribution in [0.15, 0.2) is 0 Å². The van der Waals surface area contributed by atoms with E-state index in [0.717, 1.165) is 19.6 Å². The van der Waals surface area contributed by atoms with Crippen LogP contribution in [-0.4, -0.2) is 37.1 Å². The van der Waals surface area contributed by atoms with Crippen LogP contribution in [0.3, 0.4) is 0 Å².